The van der Waals surface area contributed by atoms with Gasteiger partial charge in [-0.3, -0.25) is 0 Å². The summed E-state index contributed by atoms with van der Waals surface area (Å²) in [5, 5.41) is 12.4. The van der Waals surface area contributed by atoms with Crippen LogP contribution in [0.2, 0.25) is 0 Å². The first-order valence-corrected chi connectivity index (χ1v) is 6.62. The van der Waals surface area contributed by atoms with Gasteiger partial charge < -0.3 is 10.4 Å². The molecule has 2 N–H and O–H groups in total. The molecule has 98 valence electrons. The summed E-state index contributed by atoms with van der Waals surface area (Å²) in [6.45, 7) is 2.27. The number of hydrogen-bond acceptors (Lipinski definition) is 3. The van der Waals surface area contributed by atoms with E-state index in [9.17, 15) is 4.79 Å². The molecular weight excluding hydrogens is 228 g/mol. The molecule has 1 heterocycles. The first-order valence-electron chi connectivity index (χ1n) is 6.62. The van der Waals surface area contributed by atoms with Crippen LogP contribution in [0.3, 0.4) is 0 Å². The maximum atomic E-state index is 10.9. The minimum atomic E-state index is -0.979. The van der Waals surface area contributed by atoms with Gasteiger partial charge in [0.2, 0.25) is 0 Å². The number of hydrogen-bond donors (Lipinski definition) is 2. The van der Waals surface area contributed by atoms with Crippen molar-refractivity contribution in [1.82, 2.24) is 4.98 Å². The Hall–Kier alpha value is -1.58. The second-order valence-electron chi connectivity index (χ2n) is 5.10. The number of rotatable bonds is 3. The molecule has 2 rings (SSSR count). The largest absolute Gasteiger partial charge is 0.477 e. The molecule has 4 heteroatoms. The van der Waals surface area contributed by atoms with Crippen LogP contribution in [0.15, 0.2) is 18.3 Å². The molecule has 0 saturated heterocycles. The third-order valence-electron chi connectivity index (χ3n) is 3.69. The Morgan fingerprint density at radius 2 is 2.17 bits per heavy atom. The van der Waals surface area contributed by atoms with Gasteiger partial charge in [-0.15, -0.1) is 0 Å². The molecule has 0 bridgehead atoms. The molecule has 0 spiro atoms. The molecule has 0 aromatic carbocycles. The Bertz CT molecular complexity index is 420. The van der Waals surface area contributed by atoms with Gasteiger partial charge in [-0.1, -0.05) is 26.2 Å². The molecule has 1 fully saturated rings. The smallest absolute Gasteiger partial charge is 0.354 e. The van der Waals surface area contributed by atoms with Crippen LogP contribution in [-0.2, 0) is 0 Å². The van der Waals surface area contributed by atoms with E-state index >= 15 is 0 Å². The summed E-state index contributed by atoms with van der Waals surface area (Å²) in [7, 11) is 0. The standard InChI is InChI=1S/C14H20N2O2/c1-10-5-3-2-4-6-12(10)16-11-7-8-15-13(9-11)14(17)18/h7-10,12H,2-6H2,1H3,(H,15,16)(H,17,18). The Morgan fingerprint density at radius 1 is 1.39 bits per heavy atom. The van der Waals surface area contributed by atoms with Gasteiger partial charge in [0.05, 0.1) is 0 Å². The van der Waals surface area contributed by atoms with Crippen LogP contribution < -0.4 is 5.32 Å². The van der Waals surface area contributed by atoms with Gasteiger partial charge in [0.25, 0.3) is 0 Å². The van der Waals surface area contributed by atoms with Crippen molar-refractivity contribution in [1.29, 1.82) is 0 Å². The number of aromatic nitrogens is 1. The molecule has 0 aliphatic heterocycles. The highest BCUT2D eigenvalue weighted by atomic mass is 16.4. The van der Waals surface area contributed by atoms with Crippen molar-refractivity contribution < 1.29 is 9.90 Å². The zero-order valence-corrected chi connectivity index (χ0v) is 10.7. The van der Waals surface area contributed by atoms with E-state index in [-0.39, 0.29) is 5.69 Å². The average molecular weight is 248 g/mol. The Labute approximate surface area is 107 Å². The van der Waals surface area contributed by atoms with Gasteiger partial charge in [0.15, 0.2) is 0 Å². The van der Waals surface area contributed by atoms with Gasteiger partial charge in [0.1, 0.15) is 5.69 Å². The summed E-state index contributed by atoms with van der Waals surface area (Å²) < 4.78 is 0. The second kappa shape index (κ2) is 5.85. The van der Waals surface area contributed by atoms with Crippen molar-refractivity contribution in [3.63, 3.8) is 0 Å². The lowest BCUT2D eigenvalue weighted by Crippen LogP contribution is -2.26. The normalized spacial score (nSPS) is 24.3. The summed E-state index contributed by atoms with van der Waals surface area (Å²) in [5.41, 5.74) is 0.961. The molecule has 18 heavy (non-hydrogen) atoms. The van der Waals surface area contributed by atoms with E-state index in [4.69, 9.17) is 5.11 Å². The Morgan fingerprint density at radius 3 is 2.94 bits per heavy atom. The number of nitrogens with one attached hydrogen (secondary N) is 1. The Balaban J connectivity index is 2.07. The molecule has 4 nitrogen and oxygen atoms in total. The number of aromatic carboxylic acids is 1. The summed E-state index contributed by atoms with van der Waals surface area (Å²) in [6.07, 6.45) is 7.81. The van der Waals surface area contributed by atoms with Crippen LogP contribution in [0.4, 0.5) is 5.69 Å². The molecule has 1 aromatic heterocycles. The Kier molecular flexibility index (Phi) is 4.18. The lowest BCUT2D eigenvalue weighted by molar-refractivity contribution is 0.0690. The zero-order valence-electron chi connectivity index (χ0n) is 10.7. The molecule has 1 aliphatic carbocycles. The van der Waals surface area contributed by atoms with Crippen molar-refractivity contribution in [2.45, 2.75) is 45.1 Å². The summed E-state index contributed by atoms with van der Waals surface area (Å²) in [5.74, 6) is -0.346. The molecule has 1 aromatic rings. The van der Waals surface area contributed by atoms with Crippen molar-refractivity contribution in [3.05, 3.63) is 24.0 Å². The van der Waals surface area contributed by atoms with E-state index in [0.29, 0.717) is 12.0 Å². The number of pyridine rings is 1. The third-order valence-corrected chi connectivity index (χ3v) is 3.69. The predicted molar refractivity (Wildman–Crippen MR) is 70.9 cm³/mol. The van der Waals surface area contributed by atoms with E-state index in [1.54, 1.807) is 12.3 Å². The average Bonchev–Trinajstić information content (AvgIpc) is 2.55. The summed E-state index contributed by atoms with van der Waals surface area (Å²) in [4.78, 5) is 14.7. The van der Waals surface area contributed by atoms with Crippen molar-refractivity contribution >= 4 is 11.7 Å². The van der Waals surface area contributed by atoms with Gasteiger partial charge in [-0.25, -0.2) is 9.78 Å². The second-order valence-corrected chi connectivity index (χ2v) is 5.10. The van der Waals surface area contributed by atoms with Crippen LogP contribution in [0.5, 0.6) is 0 Å². The van der Waals surface area contributed by atoms with E-state index in [0.717, 1.165) is 12.1 Å². The molecule has 1 saturated carbocycles. The van der Waals surface area contributed by atoms with Crippen molar-refractivity contribution in [2.75, 3.05) is 5.32 Å². The molecule has 2 atom stereocenters. The number of anilines is 1. The lowest BCUT2D eigenvalue weighted by atomic mass is 9.97. The maximum Gasteiger partial charge on any atom is 0.354 e. The van der Waals surface area contributed by atoms with Crippen LogP contribution in [0.1, 0.15) is 49.5 Å². The number of carbonyl (C=O) groups is 1. The molecule has 0 amide bonds. The quantitative estimate of drug-likeness (QED) is 0.806. The van der Waals surface area contributed by atoms with E-state index in [1.807, 2.05) is 6.07 Å². The highest BCUT2D eigenvalue weighted by Crippen LogP contribution is 2.25. The SMILES string of the molecule is CC1CCCCCC1Nc1ccnc(C(=O)O)c1. The third kappa shape index (κ3) is 3.22. The number of carboxylic acid groups (broad SMARTS) is 1. The zero-order chi connectivity index (χ0) is 13.0. The van der Waals surface area contributed by atoms with Crippen LogP contribution in [0, 0.1) is 5.92 Å². The highest BCUT2D eigenvalue weighted by molar-refractivity contribution is 5.86. The fourth-order valence-corrected chi connectivity index (χ4v) is 2.56. The predicted octanol–water partition coefficient (Wildman–Crippen LogP) is 3.16. The monoisotopic (exact) mass is 248 g/mol. The van der Waals surface area contributed by atoms with E-state index in [1.165, 1.54) is 25.7 Å². The molecule has 0 radical (unpaired) electrons. The summed E-state index contributed by atoms with van der Waals surface area (Å²) in [6, 6.07) is 3.89. The molecule has 1 aliphatic rings. The van der Waals surface area contributed by atoms with E-state index < -0.39 is 5.97 Å². The number of carboxylic acids is 1. The fourth-order valence-electron chi connectivity index (χ4n) is 2.56. The first-order chi connectivity index (χ1) is 8.66. The van der Waals surface area contributed by atoms with Crippen LogP contribution >= 0.6 is 0 Å². The topological polar surface area (TPSA) is 62.2 Å². The van der Waals surface area contributed by atoms with Crippen LogP contribution in [-0.4, -0.2) is 22.1 Å². The minimum absolute atomic E-state index is 0.0984. The van der Waals surface area contributed by atoms with Crippen molar-refractivity contribution in [2.24, 2.45) is 5.92 Å². The maximum absolute atomic E-state index is 10.9. The first kappa shape index (κ1) is 12.9. The molecular formula is C14H20N2O2. The van der Waals surface area contributed by atoms with Gasteiger partial charge in [-0.2, -0.15) is 0 Å². The minimum Gasteiger partial charge on any atom is -0.477 e. The van der Waals surface area contributed by atoms with Gasteiger partial charge in [0, 0.05) is 17.9 Å². The van der Waals surface area contributed by atoms with Gasteiger partial charge >= 0.3 is 5.97 Å². The highest BCUT2D eigenvalue weighted by Gasteiger charge is 2.19. The number of nitrogens with zero attached hydrogens (tertiary/aromatic N) is 1. The van der Waals surface area contributed by atoms with E-state index in [2.05, 4.69) is 17.2 Å². The van der Waals surface area contributed by atoms with Crippen LogP contribution in [0.25, 0.3) is 0 Å². The molecule has 2 unspecified atom stereocenters. The fraction of sp³-hybridized carbons (Fsp3) is 0.571. The van der Waals surface area contributed by atoms with Gasteiger partial charge in [-0.05, 0) is 30.9 Å². The lowest BCUT2D eigenvalue weighted by Gasteiger charge is -2.24. The van der Waals surface area contributed by atoms with Crippen molar-refractivity contribution in [3.8, 4) is 0 Å². The summed E-state index contributed by atoms with van der Waals surface area (Å²) >= 11 is 0.